The van der Waals surface area contributed by atoms with Gasteiger partial charge in [-0.3, -0.25) is 0 Å². The number of benzene rings is 7. The number of nitrogens with zero attached hydrogens (tertiary/aromatic N) is 7. The second-order valence-corrected chi connectivity index (χ2v) is 14.3. The summed E-state index contributed by atoms with van der Waals surface area (Å²) in [7, 11) is 0. The van der Waals surface area contributed by atoms with Crippen LogP contribution in [0, 0.1) is 0 Å². The van der Waals surface area contributed by atoms with Gasteiger partial charge in [-0.15, -0.1) is 0 Å². The third kappa shape index (κ3) is 4.54. The summed E-state index contributed by atoms with van der Waals surface area (Å²) >= 11 is 0. The molecule has 0 fully saturated rings. The summed E-state index contributed by atoms with van der Waals surface area (Å²) in [6.45, 7) is 0. The molecule has 57 heavy (non-hydrogen) atoms. The lowest BCUT2D eigenvalue weighted by atomic mass is 9.99. The molecule has 7 aromatic carbocycles. The van der Waals surface area contributed by atoms with Crippen LogP contribution in [0.3, 0.4) is 0 Å². The van der Waals surface area contributed by atoms with E-state index in [2.05, 4.69) is 165 Å². The Balaban J connectivity index is 1.43. The second kappa shape index (κ2) is 12.3. The molecule has 12 aromatic rings. The van der Waals surface area contributed by atoms with Crippen LogP contribution in [0.2, 0.25) is 0 Å². The third-order valence-electron chi connectivity index (χ3n) is 11.3. The van der Waals surface area contributed by atoms with E-state index < -0.39 is 0 Å². The van der Waals surface area contributed by atoms with Crippen molar-refractivity contribution in [3.63, 3.8) is 0 Å². The van der Waals surface area contributed by atoms with Gasteiger partial charge in [0.05, 0.1) is 50.2 Å². The first-order valence-electron chi connectivity index (χ1n) is 19.1. The summed E-state index contributed by atoms with van der Waals surface area (Å²) in [5.41, 5.74) is 11.0. The van der Waals surface area contributed by atoms with E-state index in [0.717, 1.165) is 93.6 Å². The summed E-state index contributed by atoms with van der Waals surface area (Å²) in [6.07, 6.45) is 7.27. The maximum Gasteiger partial charge on any atom is 0.161 e. The van der Waals surface area contributed by atoms with Crippen LogP contribution in [0.25, 0.3) is 105 Å². The number of hydrogen-bond donors (Lipinski definition) is 0. The average Bonchev–Trinajstić information content (AvgIpc) is 3.92. The molecule has 5 aromatic heterocycles. The van der Waals surface area contributed by atoms with Crippen molar-refractivity contribution in [2.24, 2.45) is 0 Å². The van der Waals surface area contributed by atoms with E-state index in [1.807, 2.05) is 36.9 Å². The van der Waals surface area contributed by atoms with Crippen molar-refractivity contribution < 1.29 is 0 Å². The van der Waals surface area contributed by atoms with Crippen LogP contribution in [0.5, 0.6) is 0 Å². The zero-order chi connectivity index (χ0) is 37.5. The molecule has 0 N–H and O–H groups in total. The quantitative estimate of drug-likeness (QED) is 0.177. The molecule has 0 amide bonds. The predicted molar refractivity (Wildman–Crippen MR) is 232 cm³/mol. The Labute approximate surface area is 326 Å². The van der Waals surface area contributed by atoms with Gasteiger partial charge in [0.15, 0.2) is 11.6 Å². The van der Waals surface area contributed by atoms with Crippen molar-refractivity contribution in [1.82, 2.24) is 33.6 Å². The van der Waals surface area contributed by atoms with Crippen molar-refractivity contribution in [2.75, 3.05) is 0 Å². The first-order chi connectivity index (χ1) is 28.3. The molecule has 0 aliphatic carbocycles. The van der Waals surface area contributed by atoms with E-state index in [4.69, 9.17) is 19.9 Å². The standard InChI is InChI=1S/C50H31N7/c1-7-21-40-32(15-1)33-16-2-8-22-41(33)55(40)46-38(49-51-27-13-28-52-49)31-39(50-53-29-14-30-54-50)47(56-42-23-9-3-17-34(42)35-18-4-10-24-43(35)56)48(46)57-44-25-11-5-19-36(44)37-20-6-12-26-45(37)57/h1-31H. The molecule has 12 rings (SSSR count). The lowest BCUT2D eigenvalue weighted by molar-refractivity contribution is 1.04. The fraction of sp³-hybridized carbons (Fsp3) is 0. The Morgan fingerprint density at radius 2 is 0.509 bits per heavy atom. The number of para-hydroxylation sites is 6. The molecule has 7 heteroatoms. The molecule has 0 unspecified atom stereocenters. The fourth-order valence-corrected chi connectivity index (χ4v) is 9.02. The normalized spacial score (nSPS) is 11.9. The van der Waals surface area contributed by atoms with Crippen LogP contribution in [-0.4, -0.2) is 33.6 Å². The highest BCUT2D eigenvalue weighted by atomic mass is 15.1. The van der Waals surface area contributed by atoms with Crippen LogP contribution < -0.4 is 0 Å². The largest absolute Gasteiger partial charge is 0.306 e. The molecule has 0 saturated carbocycles. The molecule has 0 bridgehead atoms. The average molecular weight is 730 g/mol. The van der Waals surface area contributed by atoms with Gasteiger partial charge in [0, 0.05) is 68.2 Å². The number of fused-ring (bicyclic) bond motifs is 9. The van der Waals surface area contributed by atoms with E-state index in [-0.39, 0.29) is 0 Å². The Morgan fingerprint density at radius 3 is 0.789 bits per heavy atom. The van der Waals surface area contributed by atoms with Crippen LogP contribution >= 0.6 is 0 Å². The van der Waals surface area contributed by atoms with Crippen LogP contribution in [-0.2, 0) is 0 Å². The van der Waals surface area contributed by atoms with E-state index in [1.165, 1.54) is 0 Å². The lowest BCUT2D eigenvalue weighted by Gasteiger charge is -2.26. The van der Waals surface area contributed by atoms with E-state index in [9.17, 15) is 0 Å². The SMILES string of the molecule is c1cnc(-c2cc(-c3ncccn3)c(-n3c4ccccc4c4ccccc43)c(-n3c4ccccc4c4ccccc43)c2-n2c3ccccc3c3ccccc32)nc1. The Morgan fingerprint density at radius 1 is 0.263 bits per heavy atom. The van der Waals surface area contributed by atoms with Crippen LogP contribution in [0.1, 0.15) is 0 Å². The molecule has 0 aliphatic rings. The van der Waals surface area contributed by atoms with Gasteiger partial charge >= 0.3 is 0 Å². The smallest absolute Gasteiger partial charge is 0.161 e. The molecule has 7 nitrogen and oxygen atoms in total. The summed E-state index contributed by atoms with van der Waals surface area (Å²) in [5.74, 6) is 1.20. The highest BCUT2D eigenvalue weighted by Gasteiger charge is 2.31. The van der Waals surface area contributed by atoms with Gasteiger partial charge < -0.3 is 13.7 Å². The van der Waals surface area contributed by atoms with Crippen molar-refractivity contribution in [2.45, 2.75) is 0 Å². The molecule has 0 radical (unpaired) electrons. The number of hydrogen-bond acceptors (Lipinski definition) is 4. The minimum Gasteiger partial charge on any atom is -0.306 e. The third-order valence-corrected chi connectivity index (χ3v) is 11.3. The minimum atomic E-state index is 0.599. The maximum atomic E-state index is 4.97. The van der Waals surface area contributed by atoms with Crippen LogP contribution in [0.4, 0.5) is 0 Å². The molecule has 0 aliphatic heterocycles. The Bertz CT molecular complexity index is 3190. The maximum absolute atomic E-state index is 4.97. The number of rotatable bonds is 5. The molecular formula is C50H31N7. The highest BCUT2D eigenvalue weighted by Crippen LogP contribution is 2.48. The van der Waals surface area contributed by atoms with Crippen LogP contribution in [0.15, 0.2) is 189 Å². The van der Waals surface area contributed by atoms with Gasteiger partial charge in [-0.05, 0) is 54.6 Å². The van der Waals surface area contributed by atoms with Crippen molar-refractivity contribution in [3.8, 4) is 39.8 Å². The van der Waals surface area contributed by atoms with E-state index in [1.54, 1.807) is 0 Å². The predicted octanol–water partition coefficient (Wildman–Crippen LogP) is 11.9. The molecule has 0 spiro atoms. The second-order valence-electron chi connectivity index (χ2n) is 14.3. The highest BCUT2D eigenvalue weighted by molar-refractivity contribution is 6.15. The van der Waals surface area contributed by atoms with Gasteiger partial charge in [-0.2, -0.15) is 0 Å². The fourth-order valence-electron chi connectivity index (χ4n) is 9.02. The molecule has 5 heterocycles. The first kappa shape index (κ1) is 31.5. The molecule has 0 atom stereocenters. The van der Waals surface area contributed by atoms with Crippen molar-refractivity contribution in [1.29, 1.82) is 0 Å². The first-order valence-corrected chi connectivity index (χ1v) is 19.1. The summed E-state index contributed by atoms with van der Waals surface area (Å²) in [6, 6.07) is 58.0. The van der Waals surface area contributed by atoms with Gasteiger partial charge in [-0.25, -0.2) is 19.9 Å². The molecule has 0 saturated heterocycles. The monoisotopic (exact) mass is 729 g/mol. The van der Waals surface area contributed by atoms with E-state index >= 15 is 0 Å². The van der Waals surface area contributed by atoms with Gasteiger partial charge in [0.25, 0.3) is 0 Å². The Hall–Kier alpha value is -7.90. The van der Waals surface area contributed by atoms with Gasteiger partial charge in [-0.1, -0.05) is 109 Å². The zero-order valence-corrected chi connectivity index (χ0v) is 30.5. The molecule has 266 valence electrons. The Kier molecular flexibility index (Phi) is 6.79. The minimum absolute atomic E-state index is 0.599. The summed E-state index contributed by atoms with van der Waals surface area (Å²) < 4.78 is 7.28. The summed E-state index contributed by atoms with van der Waals surface area (Å²) in [4.78, 5) is 19.9. The topological polar surface area (TPSA) is 66.3 Å². The zero-order valence-electron chi connectivity index (χ0n) is 30.5. The molecular weight excluding hydrogens is 699 g/mol. The van der Waals surface area contributed by atoms with Gasteiger partial charge in [0.2, 0.25) is 0 Å². The van der Waals surface area contributed by atoms with Crippen molar-refractivity contribution in [3.05, 3.63) is 189 Å². The van der Waals surface area contributed by atoms with Crippen molar-refractivity contribution >= 4 is 65.4 Å². The summed E-state index contributed by atoms with van der Waals surface area (Å²) in [5, 5.41) is 6.97. The number of aromatic nitrogens is 7. The van der Waals surface area contributed by atoms with E-state index in [0.29, 0.717) is 11.6 Å². The lowest BCUT2D eigenvalue weighted by Crippen LogP contribution is -2.13. The van der Waals surface area contributed by atoms with Gasteiger partial charge in [0.1, 0.15) is 0 Å².